The highest BCUT2D eigenvalue weighted by Crippen LogP contribution is 2.51. The summed E-state index contributed by atoms with van der Waals surface area (Å²) in [5, 5.41) is 7.06. The normalized spacial score (nSPS) is 11.3. The molecule has 0 aliphatic carbocycles. The number of fused-ring (bicyclic) bond motifs is 6. The second-order valence-corrected chi connectivity index (χ2v) is 28.7. The van der Waals surface area contributed by atoms with Crippen molar-refractivity contribution < 1.29 is 0 Å². The van der Waals surface area contributed by atoms with Crippen LogP contribution in [0, 0.1) is 0 Å². The van der Waals surface area contributed by atoms with Gasteiger partial charge >= 0.3 is 0 Å². The summed E-state index contributed by atoms with van der Waals surface area (Å²) in [5.74, 6) is 0. The van der Waals surface area contributed by atoms with Gasteiger partial charge in [0.2, 0.25) is 0 Å². The average molecular weight is 1450 g/mol. The van der Waals surface area contributed by atoms with Gasteiger partial charge in [-0.3, -0.25) is 19.9 Å². The van der Waals surface area contributed by atoms with Gasteiger partial charge in [-0.25, -0.2) is 9.97 Å². The Labute approximate surface area is 662 Å². The zero-order valence-corrected chi connectivity index (χ0v) is 62.1. The van der Waals surface area contributed by atoms with Crippen LogP contribution in [0.4, 0.5) is 0 Å². The third-order valence-electron chi connectivity index (χ3n) is 22.2. The molecule has 114 heavy (non-hydrogen) atoms. The van der Waals surface area contributed by atoms with Crippen LogP contribution in [0.5, 0.6) is 0 Å². The standard InChI is InChI=1S/C108H70N6/c1-3-23-71(24-4-1)87-55-52-80(102-36-16-20-62-110-102)66-97(87)93-57-51-79(65-99(93)90-32-12-10-29-85(90)75-39-45-76(46-40-75)101-35-15-19-61-109-101)86-30-8-7-27-83(86)73-41-47-77(48-42-73)105-69-106(114-70-113-105)78-49-43-74(44-50-78)84-28-9-11-31-89(84)95-59-60-96(98-67-81(103-37-17-21-63-111-103)53-56-88(98)72-25-5-2-6-26-72)107-94-34-14-13-33-91(94)92-58-54-82(68-100(92)108(95)107)104-38-18-22-64-112-104/h1-70H. The summed E-state index contributed by atoms with van der Waals surface area (Å²) < 4.78 is 0. The van der Waals surface area contributed by atoms with E-state index in [1.165, 1.54) is 26.9 Å². The van der Waals surface area contributed by atoms with Crippen molar-refractivity contribution in [2.45, 2.75) is 0 Å². The monoisotopic (exact) mass is 1450 g/mol. The maximum absolute atomic E-state index is 4.92. The van der Waals surface area contributed by atoms with Crippen molar-refractivity contribution in [3.05, 3.63) is 425 Å². The van der Waals surface area contributed by atoms with Gasteiger partial charge in [-0.2, -0.15) is 0 Å². The van der Waals surface area contributed by atoms with Crippen molar-refractivity contribution >= 4 is 32.3 Å². The van der Waals surface area contributed by atoms with E-state index in [4.69, 9.17) is 24.9 Å². The molecule has 0 atom stereocenters. The minimum absolute atomic E-state index is 0.835. The van der Waals surface area contributed by atoms with Crippen LogP contribution in [-0.2, 0) is 0 Å². The van der Waals surface area contributed by atoms with Gasteiger partial charge in [0.05, 0.1) is 34.2 Å². The Morgan fingerprint density at radius 3 is 0.877 bits per heavy atom. The van der Waals surface area contributed by atoms with E-state index in [-0.39, 0.29) is 0 Å². The number of hydrogen-bond acceptors (Lipinski definition) is 6. The minimum Gasteiger partial charge on any atom is -0.256 e. The number of hydrogen-bond donors (Lipinski definition) is 0. The Morgan fingerprint density at radius 1 is 0.123 bits per heavy atom. The van der Waals surface area contributed by atoms with E-state index < -0.39 is 0 Å². The molecule has 0 N–H and O–H groups in total. The third kappa shape index (κ3) is 12.9. The SMILES string of the molecule is c1ccc(-c2ccc(-c3ccccn3)cc2-c2ccc(-c3ccccc3-c3ccc(-c4cc(-c5ccc(-c6ccccc6-c6ccc(-c7cc(-c8ccccn8)ccc7-c7ccccc7)c7c8ccccc8c8ccc(-c9ccccn9)cc8c67)cc5)ncn4)cc3)cc2-c2ccccc2-c2ccc(-c3ccccn3)cc2)cc1. The third-order valence-corrected chi connectivity index (χ3v) is 22.2. The van der Waals surface area contributed by atoms with Crippen LogP contribution >= 0.6 is 0 Å². The second-order valence-electron chi connectivity index (χ2n) is 28.7. The molecule has 6 heteroatoms. The number of benzene rings is 15. The first-order valence-corrected chi connectivity index (χ1v) is 38.6. The van der Waals surface area contributed by atoms with Crippen molar-refractivity contribution in [3.8, 4) is 179 Å². The van der Waals surface area contributed by atoms with Gasteiger partial charge in [-0.05, 0) is 222 Å². The van der Waals surface area contributed by atoms with Crippen molar-refractivity contribution in [1.29, 1.82) is 0 Å². The Kier molecular flexibility index (Phi) is 17.9. The first kappa shape index (κ1) is 68.1. The number of pyridine rings is 4. The molecule has 15 aromatic carbocycles. The summed E-state index contributed by atoms with van der Waals surface area (Å²) >= 11 is 0. The summed E-state index contributed by atoms with van der Waals surface area (Å²) in [6, 6.07) is 142. The van der Waals surface area contributed by atoms with Crippen LogP contribution in [0.15, 0.2) is 425 Å². The van der Waals surface area contributed by atoms with Gasteiger partial charge in [0.25, 0.3) is 0 Å². The molecule has 0 fully saturated rings. The molecule has 0 radical (unpaired) electrons. The van der Waals surface area contributed by atoms with E-state index in [2.05, 4.69) is 369 Å². The van der Waals surface area contributed by atoms with Crippen LogP contribution in [0.2, 0.25) is 0 Å². The molecule has 20 rings (SSSR count). The lowest BCUT2D eigenvalue weighted by Gasteiger charge is -2.21. The van der Waals surface area contributed by atoms with Gasteiger partial charge < -0.3 is 0 Å². The maximum Gasteiger partial charge on any atom is 0.116 e. The molecule has 532 valence electrons. The van der Waals surface area contributed by atoms with Crippen molar-refractivity contribution in [3.63, 3.8) is 0 Å². The summed E-state index contributed by atoms with van der Waals surface area (Å²) in [5.41, 5.74) is 34.1. The molecule has 0 amide bonds. The quantitative estimate of drug-likeness (QED) is 0.0897. The molecule has 0 spiro atoms. The predicted molar refractivity (Wildman–Crippen MR) is 473 cm³/mol. The van der Waals surface area contributed by atoms with Crippen LogP contribution in [0.1, 0.15) is 0 Å². The Morgan fingerprint density at radius 2 is 0.395 bits per heavy atom. The lowest BCUT2D eigenvalue weighted by molar-refractivity contribution is 1.18. The van der Waals surface area contributed by atoms with E-state index in [1.807, 2.05) is 55.1 Å². The summed E-state index contributed by atoms with van der Waals surface area (Å²) in [7, 11) is 0. The summed E-state index contributed by atoms with van der Waals surface area (Å²) in [4.78, 5) is 29.1. The molecule has 6 nitrogen and oxygen atoms in total. The number of aromatic nitrogens is 6. The maximum atomic E-state index is 4.92. The van der Waals surface area contributed by atoms with Gasteiger partial charge in [-0.1, -0.05) is 315 Å². The van der Waals surface area contributed by atoms with Crippen molar-refractivity contribution in [2.75, 3.05) is 0 Å². The summed E-state index contributed by atoms with van der Waals surface area (Å²) in [6.07, 6.45) is 9.15. The minimum atomic E-state index is 0.835. The highest BCUT2D eigenvalue weighted by atomic mass is 14.8. The second kappa shape index (κ2) is 30.0. The van der Waals surface area contributed by atoms with Gasteiger partial charge in [0.1, 0.15) is 6.33 Å². The van der Waals surface area contributed by atoms with E-state index >= 15 is 0 Å². The molecule has 5 heterocycles. The lowest BCUT2D eigenvalue weighted by atomic mass is 9.82. The molecule has 0 saturated carbocycles. The van der Waals surface area contributed by atoms with Crippen molar-refractivity contribution in [1.82, 2.24) is 29.9 Å². The largest absolute Gasteiger partial charge is 0.256 e. The highest BCUT2D eigenvalue weighted by molar-refractivity contribution is 6.32. The van der Waals surface area contributed by atoms with Crippen molar-refractivity contribution in [2.24, 2.45) is 0 Å². The lowest BCUT2D eigenvalue weighted by Crippen LogP contribution is -1.95. The Bertz CT molecular complexity index is 6960. The van der Waals surface area contributed by atoms with Crippen LogP contribution in [0.3, 0.4) is 0 Å². The Hall–Kier alpha value is -15.2. The molecule has 20 aromatic rings. The molecule has 0 aliphatic heterocycles. The average Bonchev–Trinajstić information content (AvgIpc) is 0.712. The zero-order valence-electron chi connectivity index (χ0n) is 62.1. The number of nitrogens with zero attached hydrogens (tertiary/aromatic N) is 6. The van der Waals surface area contributed by atoms with Gasteiger partial charge in [-0.15, -0.1) is 0 Å². The molecule has 0 unspecified atom stereocenters. The smallest absolute Gasteiger partial charge is 0.116 e. The fourth-order valence-corrected chi connectivity index (χ4v) is 16.6. The first-order chi connectivity index (χ1) is 56.5. The van der Waals surface area contributed by atoms with Crippen LogP contribution in [-0.4, -0.2) is 29.9 Å². The highest BCUT2D eigenvalue weighted by Gasteiger charge is 2.25. The molecule has 5 aromatic heterocycles. The molecular formula is C108H70N6. The fraction of sp³-hybridized carbons (Fsp3) is 0. The van der Waals surface area contributed by atoms with Crippen LogP contribution < -0.4 is 0 Å². The zero-order chi connectivity index (χ0) is 75.7. The Balaban J connectivity index is 0.657. The van der Waals surface area contributed by atoms with Gasteiger partial charge in [0.15, 0.2) is 0 Å². The fourth-order valence-electron chi connectivity index (χ4n) is 16.6. The van der Waals surface area contributed by atoms with E-state index in [0.29, 0.717) is 0 Å². The van der Waals surface area contributed by atoms with Crippen LogP contribution in [0.25, 0.3) is 211 Å². The van der Waals surface area contributed by atoms with E-state index in [9.17, 15) is 0 Å². The number of rotatable bonds is 16. The molecule has 0 aliphatic rings. The van der Waals surface area contributed by atoms with Gasteiger partial charge in [0, 0.05) is 58.2 Å². The predicted octanol–water partition coefficient (Wildman–Crippen LogP) is 28.2. The first-order valence-electron chi connectivity index (χ1n) is 38.6. The molecule has 0 bridgehead atoms. The summed E-state index contributed by atoms with van der Waals surface area (Å²) in [6.45, 7) is 0. The molecule has 0 saturated heterocycles. The topological polar surface area (TPSA) is 77.3 Å². The van der Waals surface area contributed by atoms with E-state index in [1.54, 1.807) is 6.33 Å². The van der Waals surface area contributed by atoms with E-state index in [0.717, 1.165) is 184 Å². The molecular weight excluding hydrogens is 1380 g/mol.